The summed E-state index contributed by atoms with van der Waals surface area (Å²) in [6.45, 7) is 0. The number of hydrogen-bond acceptors (Lipinski definition) is 1. The van der Waals surface area contributed by atoms with Crippen molar-refractivity contribution in [3.05, 3.63) is 41.2 Å². The van der Waals surface area contributed by atoms with Gasteiger partial charge in [0.1, 0.15) is 0 Å². The van der Waals surface area contributed by atoms with Crippen LogP contribution in [0.25, 0.3) is 6.08 Å². The Hall–Kier alpha value is -1.85. The summed E-state index contributed by atoms with van der Waals surface area (Å²) in [6, 6.07) is 4.57. The number of hydrogen-bond donors (Lipinski definition) is 1. The van der Waals surface area contributed by atoms with Gasteiger partial charge in [0.2, 0.25) is 5.83 Å². The van der Waals surface area contributed by atoms with Crippen molar-refractivity contribution < 1.29 is 27.5 Å². The molecular weight excluding hydrogens is 228 g/mol. The minimum absolute atomic E-state index is 0.158. The van der Waals surface area contributed by atoms with Crippen molar-refractivity contribution >= 4 is 12.0 Å². The Morgan fingerprint density at radius 2 is 1.94 bits per heavy atom. The predicted molar refractivity (Wildman–Crippen MR) is 48.5 cm³/mol. The monoisotopic (exact) mass is 234 g/mol. The first kappa shape index (κ1) is 12.2. The molecule has 0 saturated carbocycles. The molecule has 0 bridgehead atoms. The van der Waals surface area contributed by atoms with Crippen molar-refractivity contribution in [2.24, 2.45) is 0 Å². The van der Waals surface area contributed by atoms with Gasteiger partial charge in [-0.25, -0.2) is 9.18 Å². The molecule has 0 spiro atoms. The third kappa shape index (κ3) is 3.08. The highest BCUT2D eigenvalue weighted by atomic mass is 19.4. The highest BCUT2D eigenvalue weighted by molar-refractivity contribution is 5.88. The van der Waals surface area contributed by atoms with Crippen molar-refractivity contribution in [1.82, 2.24) is 0 Å². The summed E-state index contributed by atoms with van der Waals surface area (Å²) >= 11 is 0. The van der Waals surface area contributed by atoms with Crippen molar-refractivity contribution in [2.75, 3.05) is 0 Å². The normalized spacial score (nSPS) is 12.6. The topological polar surface area (TPSA) is 37.3 Å². The zero-order valence-corrected chi connectivity index (χ0v) is 7.75. The smallest absolute Gasteiger partial charge is 0.442 e. The molecule has 0 unspecified atom stereocenters. The molecule has 86 valence electrons. The maximum absolute atomic E-state index is 12.5. The lowest BCUT2D eigenvalue weighted by Gasteiger charge is -2.03. The van der Waals surface area contributed by atoms with Crippen LogP contribution in [0.2, 0.25) is 0 Å². The van der Waals surface area contributed by atoms with E-state index in [4.69, 9.17) is 5.11 Å². The van der Waals surface area contributed by atoms with Crippen LogP contribution >= 0.6 is 0 Å². The van der Waals surface area contributed by atoms with Crippen LogP contribution in [0.5, 0.6) is 0 Å². The van der Waals surface area contributed by atoms with Crippen LogP contribution in [-0.2, 0) is 0 Å². The van der Waals surface area contributed by atoms with Crippen molar-refractivity contribution in [3.63, 3.8) is 0 Å². The lowest BCUT2D eigenvalue weighted by molar-refractivity contribution is -0.107. The van der Waals surface area contributed by atoms with Crippen molar-refractivity contribution in [2.45, 2.75) is 6.18 Å². The van der Waals surface area contributed by atoms with Gasteiger partial charge >= 0.3 is 12.1 Å². The number of carbonyl (C=O) groups is 1. The summed E-state index contributed by atoms with van der Waals surface area (Å²) in [7, 11) is 0. The second-order valence-electron chi connectivity index (χ2n) is 2.92. The molecule has 0 heterocycles. The van der Waals surface area contributed by atoms with Crippen LogP contribution in [0.15, 0.2) is 30.1 Å². The number of rotatable bonds is 2. The first-order chi connectivity index (χ1) is 7.30. The van der Waals surface area contributed by atoms with Crippen LogP contribution in [0.4, 0.5) is 17.6 Å². The second kappa shape index (κ2) is 4.34. The van der Waals surface area contributed by atoms with Crippen LogP contribution in [-0.4, -0.2) is 17.3 Å². The number of carboxylic acids is 1. The SMILES string of the molecule is O=C(O)c1cccc(/C=C(/F)C(F)(F)F)c1. The molecule has 1 rings (SSSR count). The number of alkyl halides is 3. The Kier molecular flexibility index (Phi) is 3.31. The van der Waals surface area contributed by atoms with E-state index >= 15 is 0 Å². The van der Waals surface area contributed by atoms with Gasteiger partial charge in [-0.05, 0) is 23.8 Å². The third-order valence-corrected chi connectivity index (χ3v) is 1.70. The molecule has 16 heavy (non-hydrogen) atoms. The third-order valence-electron chi connectivity index (χ3n) is 1.70. The number of benzene rings is 1. The standard InChI is InChI=1S/C10H6F4O2/c11-8(10(12,13)14)5-6-2-1-3-7(4-6)9(15)16/h1-5H,(H,15,16)/b8-5+. The first-order valence-corrected chi connectivity index (χ1v) is 4.08. The van der Waals surface area contributed by atoms with E-state index in [9.17, 15) is 22.4 Å². The summed E-state index contributed by atoms with van der Waals surface area (Å²) in [5.41, 5.74) is -0.363. The molecule has 0 amide bonds. The molecule has 1 aromatic carbocycles. The number of carboxylic acid groups (broad SMARTS) is 1. The quantitative estimate of drug-likeness (QED) is 0.797. The number of halogens is 4. The van der Waals surface area contributed by atoms with Gasteiger partial charge in [-0.2, -0.15) is 13.2 Å². The van der Waals surface area contributed by atoms with E-state index in [1.54, 1.807) is 0 Å². The zero-order chi connectivity index (χ0) is 12.3. The summed E-state index contributed by atoms with van der Waals surface area (Å²) in [6.07, 6.45) is -4.81. The molecule has 0 fully saturated rings. The minimum Gasteiger partial charge on any atom is -0.478 e. The van der Waals surface area contributed by atoms with E-state index in [1.807, 2.05) is 0 Å². The van der Waals surface area contributed by atoms with E-state index in [-0.39, 0.29) is 17.2 Å². The van der Waals surface area contributed by atoms with Gasteiger partial charge in [0, 0.05) is 0 Å². The van der Waals surface area contributed by atoms with Gasteiger partial charge in [0.15, 0.2) is 0 Å². The average Bonchev–Trinajstić information content (AvgIpc) is 2.16. The lowest BCUT2D eigenvalue weighted by atomic mass is 10.1. The van der Waals surface area contributed by atoms with Crippen molar-refractivity contribution in [1.29, 1.82) is 0 Å². The minimum atomic E-state index is -5.06. The molecule has 0 radical (unpaired) electrons. The fourth-order valence-electron chi connectivity index (χ4n) is 0.990. The van der Waals surface area contributed by atoms with Gasteiger partial charge in [0.25, 0.3) is 0 Å². The fraction of sp³-hybridized carbons (Fsp3) is 0.100. The highest BCUT2D eigenvalue weighted by Gasteiger charge is 2.34. The van der Waals surface area contributed by atoms with Crippen LogP contribution in [0.3, 0.4) is 0 Å². The predicted octanol–water partition coefficient (Wildman–Crippen LogP) is 3.26. The van der Waals surface area contributed by atoms with Gasteiger partial charge in [0.05, 0.1) is 5.56 Å². The van der Waals surface area contributed by atoms with E-state index in [0.717, 1.165) is 6.07 Å². The van der Waals surface area contributed by atoms with Gasteiger partial charge in [-0.1, -0.05) is 12.1 Å². The molecule has 2 nitrogen and oxygen atoms in total. The molecule has 0 saturated heterocycles. The number of allylic oxidation sites excluding steroid dienone is 1. The molecule has 0 aliphatic rings. The van der Waals surface area contributed by atoms with E-state index in [2.05, 4.69) is 0 Å². The highest BCUT2D eigenvalue weighted by Crippen LogP contribution is 2.28. The molecule has 0 atom stereocenters. The maximum Gasteiger partial charge on any atom is 0.442 e. The van der Waals surface area contributed by atoms with Gasteiger partial charge in [-0.3, -0.25) is 0 Å². The van der Waals surface area contributed by atoms with Gasteiger partial charge < -0.3 is 5.11 Å². The Morgan fingerprint density at radius 1 is 1.31 bits per heavy atom. The van der Waals surface area contributed by atoms with E-state index in [1.165, 1.54) is 18.2 Å². The second-order valence-corrected chi connectivity index (χ2v) is 2.92. The lowest BCUT2D eigenvalue weighted by Crippen LogP contribution is -2.07. The molecule has 0 aliphatic carbocycles. The molecule has 1 aromatic rings. The van der Waals surface area contributed by atoms with E-state index < -0.39 is 18.0 Å². The first-order valence-electron chi connectivity index (χ1n) is 4.08. The molecule has 6 heteroatoms. The van der Waals surface area contributed by atoms with Crippen LogP contribution < -0.4 is 0 Å². The molecular formula is C10H6F4O2. The number of aromatic carboxylic acids is 1. The fourth-order valence-corrected chi connectivity index (χ4v) is 0.990. The Bertz CT molecular complexity index is 435. The zero-order valence-electron chi connectivity index (χ0n) is 7.75. The Labute approximate surface area is 87.8 Å². The largest absolute Gasteiger partial charge is 0.478 e. The van der Waals surface area contributed by atoms with Crippen LogP contribution in [0.1, 0.15) is 15.9 Å². The molecule has 1 N–H and O–H groups in total. The van der Waals surface area contributed by atoms with E-state index in [0.29, 0.717) is 0 Å². The average molecular weight is 234 g/mol. The summed E-state index contributed by atoms with van der Waals surface area (Å²) in [5.74, 6) is -3.56. The molecule has 0 aliphatic heterocycles. The summed E-state index contributed by atoms with van der Waals surface area (Å²) in [5, 5.41) is 8.57. The Balaban J connectivity index is 3.07. The van der Waals surface area contributed by atoms with Gasteiger partial charge in [-0.15, -0.1) is 0 Å². The maximum atomic E-state index is 12.5. The summed E-state index contributed by atoms with van der Waals surface area (Å²) in [4.78, 5) is 10.5. The van der Waals surface area contributed by atoms with Crippen molar-refractivity contribution in [3.8, 4) is 0 Å². The summed E-state index contributed by atoms with van der Waals surface area (Å²) < 4.78 is 48.0. The van der Waals surface area contributed by atoms with Crippen LogP contribution in [0, 0.1) is 0 Å². The Morgan fingerprint density at radius 3 is 2.44 bits per heavy atom. The molecule has 0 aromatic heterocycles.